The van der Waals surface area contributed by atoms with Crippen molar-refractivity contribution in [2.75, 3.05) is 0 Å². The second kappa shape index (κ2) is 6.82. The molecular formula is C15H11N3O3. The molecule has 0 N–H and O–H groups in total. The van der Waals surface area contributed by atoms with E-state index < -0.39 is 5.97 Å². The largest absolute Gasteiger partial charge is 0.352 e. The zero-order valence-corrected chi connectivity index (χ0v) is 11.2. The zero-order chi connectivity index (χ0) is 15.1. The van der Waals surface area contributed by atoms with Crippen LogP contribution >= 0.6 is 0 Å². The van der Waals surface area contributed by atoms with Gasteiger partial charge in [0.25, 0.3) is 0 Å². The minimum absolute atomic E-state index is 0.391. The monoisotopic (exact) mass is 281 g/mol. The molecule has 0 heterocycles. The lowest BCUT2D eigenvalue weighted by molar-refractivity contribution is -0.210. The van der Waals surface area contributed by atoms with Crippen LogP contribution in [0.25, 0.3) is 0 Å². The summed E-state index contributed by atoms with van der Waals surface area (Å²) in [5, 5.41) is 16.8. The highest BCUT2D eigenvalue weighted by Gasteiger charge is 1.98. The molecule has 2 aromatic carbocycles. The van der Waals surface area contributed by atoms with Crippen LogP contribution in [0.2, 0.25) is 0 Å². The van der Waals surface area contributed by atoms with Crippen LogP contribution in [0.5, 0.6) is 5.75 Å². The molecular weight excluding hydrogens is 270 g/mol. The van der Waals surface area contributed by atoms with Gasteiger partial charge in [0.2, 0.25) is 0 Å². The second-order valence-corrected chi connectivity index (χ2v) is 4.01. The third-order valence-electron chi connectivity index (χ3n) is 2.37. The summed E-state index contributed by atoms with van der Waals surface area (Å²) in [5.41, 5.74) is 1.84. The number of hydrogen-bond donors (Lipinski definition) is 0. The average molecular weight is 281 g/mol. The molecule has 0 aliphatic heterocycles. The molecule has 2 aromatic rings. The number of carbonyl (C=O) groups excluding carboxylic acids is 1. The van der Waals surface area contributed by atoms with Gasteiger partial charge in [-0.05, 0) is 48.5 Å². The van der Waals surface area contributed by atoms with Crippen molar-refractivity contribution in [1.29, 1.82) is 5.26 Å². The van der Waals surface area contributed by atoms with Gasteiger partial charge in [0, 0.05) is 6.92 Å². The van der Waals surface area contributed by atoms with Gasteiger partial charge in [0.15, 0.2) is 5.75 Å². The number of azo groups is 1. The van der Waals surface area contributed by atoms with Crippen molar-refractivity contribution in [3.8, 4) is 11.8 Å². The molecule has 104 valence electrons. The maximum Gasteiger partial charge on any atom is 0.352 e. The predicted molar refractivity (Wildman–Crippen MR) is 74.2 cm³/mol. The Morgan fingerprint density at radius 3 is 2.00 bits per heavy atom. The lowest BCUT2D eigenvalue weighted by atomic mass is 10.2. The van der Waals surface area contributed by atoms with Gasteiger partial charge in [0.1, 0.15) is 0 Å². The van der Waals surface area contributed by atoms with E-state index in [1.165, 1.54) is 6.92 Å². The Hall–Kier alpha value is -3.20. The highest BCUT2D eigenvalue weighted by Crippen LogP contribution is 2.21. The molecule has 0 amide bonds. The van der Waals surface area contributed by atoms with Crippen LogP contribution in [0.15, 0.2) is 58.8 Å². The van der Waals surface area contributed by atoms with E-state index in [0.717, 1.165) is 0 Å². The number of hydrogen-bond acceptors (Lipinski definition) is 6. The number of nitriles is 1. The second-order valence-electron chi connectivity index (χ2n) is 4.01. The van der Waals surface area contributed by atoms with Crippen molar-refractivity contribution in [1.82, 2.24) is 0 Å². The molecule has 0 saturated heterocycles. The summed E-state index contributed by atoms with van der Waals surface area (Å²) in [6.45, 7) is 1.25. The Labute approximate surface area is 121 Å². The topological polar surface area (TPSA) is 84.0 Å². The Morgan fingerprint density at radius 1 is 1.00 bits per heavy atom. The number of benzene rings is 2. The van der Waals surface area contributed by atoms with Gasteiger partial charge in [-0.15, -0.1) is 0 Å². The molecule has 0 fully saturated rings. The summed E-state index contributed by atoms with van der Waals surface area (Å²) < 4.78 is 0. The van der Waals surface area contributed by atoms with E-state index in [2.05, 4.69) is 15.1 Å². The standard InChI is InChI=1S/C15H11N3O3/c1-11(19)20-21-15-8-6-14(7-9-15)18-17-13-4-2-12(10-16)3-5-13/h2-9H,1H3. The van der Waals surface area contributed by atoms with E-state index in [4.69, 9.17) is 10.1 Å². The quantitative estimate of drug-likeness (QED) is 0.484. The molecule has 0 saturated carbocycles. The Kier molecular flexibility index (Phi) is 4.62. The van der Waals surface area contributed by atoms with E-state index >= 15 is 0 Å². The van der Waals surface area contributed by atoms with Crippen LogP contribution < -0.4 is 4.89 Å². The molecule has 6 heteroatoms. The van der Waals surface area contributed by atoms with Gasteiger partial charge >= 0.3 is 5.97 Å². The average Bonchev–Trinajstić information content (AvgIpc) is 2.52. The molecule has 0 spiro atoms. The molecule has 0 aliphatic rings. The van der Waals surface area contributed by atoms with E-state index in [-0.39, 0.29) is 0 Å². The molecule has 21 heavy (non-hydrogen) atoms. The van der Waals surface area contributed by atoms with Crippen LogP contribution in [0.1, 0.15) is 12.5 Å². The summed E-state index contributed by atoms with van der Waals surface area (Å²) in [5.74, 6) is -0.137. The summed E-state index contributed by atoms with van der Waals surface area (Å²) in [4.78, 5) is 19.7. The third-order valence-corrected chi connectivity index (χ3v) is 2.37. The van der Waals surface area contributed by atoms with Gasteiger partial charge in [0.05, 0.1) is 23.0 Å². The van der Waals surface area contributed by atoms with E-state index in [9.17, 15) is 4.79 Å². The van der Waals surface area contributed by atoms with Gasteiger partial charge < -0.3 is 0 Å². The lowest BCUT2D eigenvalue weighted by Crippen LogP contribution is -2.02. The van der Waals surface area contributed by atoms with Gasteiger partial charge in [-0.3, -0.25) is 9.78 Å². The number of nitrogens with zero attached hydrogens (tertiary/aromatic N) is 3. The minimum atomic E-state index is -0.528. The fraction of sp³-hybridized carbons (Fsp3) is 0.0667. The molecule has 6 nitrogen and oxygen atoms in total. The molecule has 0 unspecified atom stereocenters. The molecule has 0 aliphatic carbocycles. The smallest absolute Gasteiger partial charge is 0.287 e. The molecule has 0 radical (unpaired) electrons. The Morgan fingerprint density at radius 2 is 1.52 bits per heavy atom. The predicted octanol–water partition coefficient (Wildman–Crippen LogP) is 3.83. The van der Waals surface area contributed by atoms with Crippen LogP contribution in [0.4, 0.5) is 11.4 Å². The van der Waals surface area contributed by atoms with Crippen molar-refractivity contribution in [2.45, 2.75) is 6.92 Å². The molecule has 0 atom stereocenters. The van der Waals surface area contributed by atoms with Crippen LogP contribution in [0.3, 0.4) is 0 Å². The molecule has 2 rings (SSSR count). The fourth-order valence-electron chi connectivity index (χ4n) is 1.39. The highest BCUT2D eigenvalue weighted by atomic mass is 17.2. The van der Waals surface area contributed by atoms with Crippen molar-refractivity contribution in [3.05, 3.63) is 54.1 Å². The maximum absolute atomic E-state index is 10.6. The zero-order valence-electron chi connectivity index (χ0n) is 11.2. The molecule has 0 bridgehead atoms. The van der Waals surface area contributed by atoms with E-state index in [1.807, 2.05) is 6.07 Å². The van der Waals surface area contributed by atoms with Crippen LogP contribution in [0, 0.1) is 11.3 Å². The number of rotatable bonds is 4. The Balaban J connectivity index is 2.00. The van der Waals surface area contributed by atoms with Crippen molar-refractivity contribution >= 4 is 17.3 Å². The lowest BCUT2D eigenvalue weighted by Gasteiger charge is -2.01. The summed E-state index contributed by atoms with van der Waals surface area (Å²) in [6, 6.07) is 15.4. The highest BCUT2D eigenvalue weighted by molar-refractivity contribution is 5.65. The van der Waals surface area contributed by atoms with Crippen LogP contribution in [-0.4, -0.2) is 5.97 Å². The first-order valence-corrected chi connectivity index (χ1v) is 6.04. The summed E-state index contributed by atoms with van der Waals surface area (Å²) in [7, 11) is 0. The van der Waals surface area contributed by atoms with E-state index in [0.29, 0.717) is 22.7 Å². The summed E-state index contributed by atoms with van der Waals surface area (Å²) in [6.07, 6.45) is 0. The van der Waals surface area contributed by atoms with E-state index in [1.54, 1.807) is 48.5 Å². The maximum atomic E-state index is 10.6. The normalized spacial score (nSPS) is 10.1. The van der Waals surface area contributed by atoms with Crippen molar-refractivity contribution in [3.63, 3.8) is 0 Å². The Bertz CT molecular complexity index is 686. The first kappa shape index (κ1) is 14.2. The van der Waals surface area contributed by atoms with Crippen molar-refractivity contribution in [2.24, 2.45) is 10.2 Å². The minimum Gasteiger partial charge on any atom is -0.287 e. The SMILES string of the molecule is CC(=O)OOc1ccc(N=Nc2ccc(C#N)cc2)cc1. The first-order chi connectivity index (χ1) is 10.2. The van der Waals surface area contributed by atoms with Gasteiger partial charge in [-0.1, -0.05) is 0 Å². The van der Waals surface area contributed by atoms with Crippen molar-refractivity contribution < 1.29 is 14.6 Å². The third kappa shape index (κ3) is 4.44. The fourth-order valence-corrected chi connectivity index (χ4v) is 1.39. The summed E-state index contributed by atoms with van der Waals surface area (Å²) >= 11 is 0. The molecule has 0 aromatic heterocycles. The first-order valence-electron chi connectivity index (χ1n) is 6.04. The van der Waals surface area contributed by atoms with Gasteiger partial charge in [-0.25, -0.2) is 4.79 Å². The van der Waals surface area contributed by atoms with Gasteiger partial charge in [-0.2, -0.15) is 15.5 Å². The number of carbonyl (C=O) groups is 1. The van der Waals surface area contributed by atoms with Crippen LogP contribution in [-0.2, 0) is 9.68 Å².